The second-order valence-corrected chi connectivity index (χ2v) is 7.30. The second kappa shape index (κ2) is 5.63. The fourth-order valence-corrected chi connectivity index (χ4v) is 4.02. The van der Waals surface area contributed by atoms with E-state index in [0.29, 0.717) is 16.6 Å². The van der Waals surface area contributed by atoms with Gasteiger partial charge in [0.1, 0.15) is 16.5 Å². The van der Waals surface area contributed by atoms with Crippen molar-refractivity contribution >= 4 is 33.3 Å². The predicted molar refractivity (Wildman–Crippen MR) is 95.8 cm³/mol. The fraction of sp³-hybridized carbons (Fsp3) is 0.333. The predicted octanol–water partition coefficient (Wildman–Crippen LogP) is 4.14. The molecule has 1 aliphatic carbocycles. The van der Waals surface area contributed by atoms with E-state index < -0.39 is 0 Å². The quantitative estimate of drug-likeness (QED) is 0.779. The highest BCUT2D eigenvalue weighted by Crippen LogP contribution is 2.40. The van der Waals surface area contributed by atoms with Crippen LogP contribution in [0.4, 0.5) is 5.82 Å². The number of fused-ring (bicyclic) bond motifs is 1. The maximum absolute atomic E-state index is 12.7. The van der Waals surface area contributed by atoms with E-state index in [9.17, 15) is 4.79 Å². The van der Waals surface area contributed by atoms with Gasteiger partial charge in [0.05, 0.1) is 10.6 Å². The zero-order valence-corrected chi connectivity index (χ0v) is 14.7. The van der Waals surface area contributed by atoms with Gasteiger partial charge in [0, 0.05) is 17.5 Å². The second-order valence-electron chi connectivity index (χ2n) is 6.30. The molecule has 0 spiro atoms. The Balaban J connectivity index is 1.73. The third-order valence-corrected chi connectivity index (χ3v) is 5.56. The van der Waals surface area contributed by atoms with Crippen LogP contribution >= 0.6 is 11.3 Å². The highest BCUT2D eigenvalue weighted by Gasteiger charge is 2.28. The van der Waals surface area contributed by atoms with Crippen LogP contribution in [0.15, 0.2) is 18.3 Å². The van der Waals surface area contributed by atoms with Crippen molar-refractivity contribution in [3.63, 3.8) is 0 Å². The van der Waals surface area contributed by atoms with E-state index in [1.165, 1.54) is 24.2 Å². The Bertz CT molecular complexity index is 959. The molecule has 0 aliphatic heterocycles. The van der Waals surface area contributed by atoms with Crippen LogP contribution in [0.1, 0.15) is 51.1 Å². The molecule has 0 bridgehead atoms. The Morgan fingerprint density at radius 1 is 1.25 bits per heavy atom. The SMILES string of the molecule is Cc1cccnc1NC(=O)c1sc2nc(C3CC3)nc(C)c2c1C. The number of anilines is 1. The molecule has 1 aliphatic rings. The first-order chi connectivity index (χ1) is 11.5. The van der Waals surface area contributed by atoms with Crippen LogP contribution in [0.3, 0.4) is 0 Å². The number of aromatic nitrogens is 3. The molecule has 24 heavy (non-hydrogen) atoms. The van der Waals surface area contributed by atoms with E-state index in [1.54, 1.807) is 6.20 Å². The number of amides is 1. The fourth-order valence-electron chi connectivity index (χ4n) is 2.88. The van der Waals surface area contributed by atoms with Gasteiger partial charge in [-0.3, -0.25) is 4.79 Å². The summed E-state index contributed by atoms with van der Waals surface area (Å²) in [5, 5.41) is 3.92. The number of thiophene rings is 1. The molecule has 1 saturated carbocycles. The van der Waals surface area contributed by atoms with Gasteiger partial charge in [-0.05, 0) is 50.8 Å². The molecular formula is C18H18N4OS. The minimum atomic E-state index is -0.135. The summed E-state index contributed by atoms with van der Waals surface area (Å²) in [5.74, 6) is 1.89. The van der Waals surface area contributed by atoms with Crippen molar-refractivity contribution in [1.29, 1.82) is 0 Å². The van der Waals surface area contributed by atoms with Crippen molar-refractivity contribution in [2.24, 2.45) is 0 Å². The van der Waals surface area contributed by atoms with Crippen molar-refractivity contribution in [2.45, 2.75) is 39.5 Å². The Kier molecular flexibility index (Phi) is 3.57. The number of pyridine rings is 1. The van der Waals surface area contributed by atoms with Crippen molar-refractivity contribution in [1.82, 2.24) is 15.0 Å². The molecule has 3 aromatic heterocycles. The minimum Gasteiger partial charge on any atom is -0.306 e. The summed E-state index contributed by atoms with van der Waals surface area (Å²) in [4.78, 5) is 27.9. The first-order valence-electron chi connectivity index (χ1n) is 8.05. The van der Waals surface area contributed by atoms with Crippen LogP contribution in [-0.2, 0) is 0 Å². The van der Waals surface area contributed by atoms with E-state index in [1.807, 2.05) is 32.9 Å². The number of carbonyl (C=O) groups is 1. The Morgan fingerprint density at radius 2 is 2.04 bits per heavy atom. The summed E-state index contributed by atoms with van der Waals surface area (Å²) in [6.07, 6.45) is 4.02. The molecule has 0 unspecified atom stereocenters. The first-order valence-corrected chi connectivity index (χ1v) is 8.87. The van der Waals surface area contributed by atoms with Crippen LogP contribution in [0.2, 0.25) is 0 Å². The summed E-state index contributed by atoms with van der Waals surface area (Å²) >= 11 is 1.44. The topological polar surface area (TPSA) is 67.8 Å². The van der Waals surface area contributed by atoms with Gasteiger partial charge in [0.25, 0.3) is 5.91 Å². The number of nitrogens with one attached hydrogen (secondary N) is 1. The van der Waals surface area contributed by atoms with E-state index in [0.717, 1.165) is 32.9 Å². The van der Waals surface area contributed by atoms with Crippen LogP contribution in [0.5, 0.6) is 0 Å². The lowest BCUT2D eigenvalue weighted by atomic mass is 10.1. The summed E-state index contributed by atoms with van der Waals surface area (Å²) in [6.45, 7) is 5.89. The van der Waals surface area contributed by atoms with Gasteiger partial charge in [-0.1, -0.05) is 6.07 Å². The van der Waals surface area contributed by atoms with Crippen LogP contribution in [0, 0.1) is 20.8 Å². The zero-order chi connectivity index (χ0) is 16.8. The number of aryl methyl sites for hydroxylation is 3. The average molecular weight is 338 g/mol. The lowest BCUT2D eigenvalue weighted by Crippen LogP contribution is -2.13. The van der Waals surface area contributed by atoms with Crippen LogP contribution < -0.4 is 5.32 Å². The number of nitrogens with zero attached hydrogens (tertiary/aromatic N) is 3. The molecule has 0 radical (unpaired) electrons. The summed E-state index contributed by atoms with van der Waals surface area (Å²) in [5.41, 5.74) is 2.85. The monoisotopic (exact) mass is 338 g/mol. The molecule has 1 N–H and O–H groups in total. The molecule has 3 aromatic rings. The van der Waals surface area contributed by atoms with E-state index in [-0.39, 0.29) is 5.91 Å². The Hall–Kier alpha value is -2.34. The van der Waals surface area contributed by atoms with Gasteiger partial charge in [0.15, 0.2) is 0 Å². The van der Waals surface area contributed by atoms with Crippen molar-refractivity contribution < 1.29 is 4.79 Å². The molecule has 5 nitrogen and oxygen atoms in total. The van der Waals surface area contributed by atoms with Gasteiger partial charge < -0.3 is 5.32 Å². The largest absolute Gasteiger partial charge is 0.306 e. The number of rotatable bonds is 3. The Morgan fingerprint density at radius 3 is 2.75 bits per heavy atom. The molecule has 0 aromatic carbocycles. The molecule has 1 amide bonds. The van der Waals surface area contributed by atoms with E-state index in [4.69, 9.17) is 4.98 Å². The number of hydrogen-bond donors (Lipinski definition) is 1. The molecule has 0 atom stereocenters. The van der Waals surface area contributed by atoms with Crippen molar-refractivity contribution in [3.05, 3.63) is 45.9 Å². The van der Waals surface area contributed by atoms with Gasteiger partial charge in [-0.2, -0.15) is 0 Å². The van der Waals surface area contributed by atoms with Gasteiger partial charge in [-0.15, -0.1) is 11.3 Å². The van der Waals surface area contributed by atoms with E-state index in [2.05, 4.69) is 15.3 Å². The highest BCUT2D eigenvalue weighted by molar-refractivity contribution is 7.20. The smallest absolute Gasteiger partial charge is 0.267 e. The molecule has 122 valence electrons. The number of carbonyl (C=O) groups excluding carboxylic acids is 1. The summed E-state index contributed by atoms with van der Waals surface area (Å²) in [6, 6.07) is 3.78. The highest BCUT2D eigenvalue weighted by atomic mass is 32.1. The maximum atomic E-state index is 12.7. The van der Waals surface area contributed by atoms with Crippen molar-refractivity contribution in [2.75, 3.05) is 5.32 Å². The molecule has 3 heterocycles. The Labute approximate surface area is 144 Å². The molecule has 6 heteroatoms. The van der Waals surface area contributed by atoms with Gasteiger partial charge in [-0.25, -0.2) is 15.0 Å². The lowest BCUT2D eigenvalue weighted by molar-refractivity contribution is 0.102. The van der Waals surface area contributed by atoms with Crippen LogP contribution in [0.25, 0.3) is 10.2 Å². The standard InChI is InChI=1S/C18H18N4OS/c1-9-5-4-8-19-15(9)21-17(23)14-10(2)13-11(3)20-16(12-6-7-12)22-18(13)24-14/h4-5,8,12H,6-7H2,1-3H3,(H,19,21,23). The minimum absolute atomic E-state index is 0.135. The number of hydrogen-bond acceptors (Lipinski definition) is 5. The van der Waals surface area contributed by atoms with E-state index >= 15 is 0 Å². The van der Waals surface area contributed by atoms with Crippen molar-refractivity contribution in [3.8, 4) is 0 Å². The van der Waals surface area contributed by atoms with Crippen LogP contribution in [-0.4, -0.2) is 20.9 Å². The third-order valence-electron chi connectivity index (χ3n) is 4.38. The zero-order valence-electron chi connectivity index (χ0n) is 13.9. The molecular weight excluding hydrogens is 320 g/mol. The maximum Gasteiger partial charge on any atom is 0.267 e. The molecule has 0 saturated heterocycles. The van der Waals surface area contributed by atoms with Gasteiger partial charge in [0.2, 0.25) is 0 Å². The normalized spacial score (nSPS) is 14.1. The molecule has 1 fully saturated rings. The third kappa shape index (κ3) is 2.57. The summed E-state index contributed by atoms with van der Waals surface area (Å²) < 4.78 is 0. The van der Waals surface area contributed by atoms with Gasteiger partial charge >= 0.3 is 0 Å². The summed E-state index contributed by atoms with van der Waals surface area (Å²) in [7, 11) is 0. The average Bonchev–Trinajstić information content (AvgIpc) is 3.34. The first kappa shape index (κ1) is 15.2. The lowest BCUT2D eigenvalue weighted by Gasteiger charge is -2.06. The molecule has 4 rings (SSSR count).